The van der Waals surface area contributed by atoms with Gasteiger partial charge in [-0.25, -0.2) is 4.98 Å². The van der Waals surface area contributed by atoms with Crippen molar-refractivity contribution in [2.75, 3.05) is 44.2 Å². The second kappa shape index (κ2) is 13.7. The van der Waals surface area contributed by atoms with Crippen molar-refractivity contribution in [3.63, 3.8) is 0 Å². The number of unbranched alkanes of at least 4 members (excludes halogenated alkanes) is 5. The molecule has 0 radical (unpaired) electrons. The van der Waals surface area contributed by atoms with E-state index in [0.717, 1.165) is 51.3 Å². The van der Waals surface area contributed by atoms with Gasteiger partial charge < -0.3 is 9.64 Å². The number of carbonyl (C=O) groups is 3. The van der Waals surface area contributed by atoms with Gasteiger partial charge in [0.1, 0.15) is 11.9 Å². The maximum absolute atomic E-state index is 13.1. The van der Waals surface area contributed by atoms with E-state index in [1.165, 1.54) is 24.2 Å². The summed E-state index contributed by atoms with van der Waals surface area (Å²) in [6.07, 6.45) is 13.5. The minimum absolute atomic E-state index is 0.115. The molecule has 1 aromatic heterocycles. The number of esters is 1. The lowest BCUT2D eigenvalue weighted by atomic mass is 9.85. The number of piperazine rings is 1. The van der Waals surface area contributed by atoms with Crippen LogP contribution < -0.4 is 4.90 Å². The minimum atomic E-state index is -0.519. The standard InChI is InChI=1S/C29H42N4O4/c1-2-3-4-5-6-7-15-27(34)37-23(22-33-28(35)24-12-8-9-13-25(24)29(33)36)21-31-17-19-32(20-18-31)26-14-10-11-16-30-26/h8-11,14,16,23-25H,2-7,12-13,15,17-22H2,1H3/t23?,24-,25+. The molecule has 3 atom stereocenters. The quantitative estimate of drug-likeness (QED) is 0.173. The number of likely N-dealkylation sites (tertiary alicyclic amines) is 1. The van der Waals surface area contributed by atoms with Gasteiger partial charge in [0, 0.05) is 45.3 Å². The van der Waals surface area contributed by atoms with E-state index in [2.05, 4.69) is 21.7 Å². The number of rotatable bonds is 13. The van der Waals surface area contributed by atoms with E-state index >= 15 is 0 Å². The van der Waals surface area contributed by atoms with Crippen LogP contribution in [-0.4, -0.2) is 77.9 Å². The average molecular weight is 511 g/mol. The number of hydrogen-bond acceptors (Lipinski definition) is 7. The topological polar surface area (TPSA) is 83.1 Å². The summed E-state index contributed by atoms with van der Waals surface area (Å²) in [6.45, 7) is 6.12. The molecule has 1 unspecified atom stereocenters. The van der Waals surface area contributed by atoms with Gasteiger partial charge in [-0.1, -0.05) is 57.2 Å². The summed E-state index contributed by atoms with van der Waals surface area (Å²) >= 11 is 0. The Hall–Kier alpha value is -2.74. The molecule has 0 bridgehead atoms. The van der Waals surface area contributed by atoms with Crippen LogP contribution in [0.4, 0.5) is 5.82 Å². The number of hydrogen-bond donors (Lipinski definition) is 0. The highest BCUT2D eigenvalue weighted by molar-refractivity contribution is 6.05. The Morgan fingerprint density at radius 1 is 0.946 bits per heavy atom. The van der Waals surface area contributed by atoms with Gasteiger partial charge in [0.15, 0.2) is 0 Å². The number of fused-ring (bicyclic) bond motifs is 1. The van der Waals surface area contributed by atoms with Crippen LogP contribution in [0, 0.1) is 11.8 Å². The highest BCUT2D eigenvalue weighted by atomic mass is 16.5. The fourth-order valence-electron chi connectivity index (χ4n) is 5.67. The van der Waals surface area contributed by atoms with Crippen LogP contribution in [0.1, 0.15) is 64.7 Å². The molecule has 0 saturated carbocycles. The number of imide groups is 1. The van der Waals surface area contributed by atoms with Gasteiger partial charge in [-0.3, -0.25) is 24.2 Å². The summed E-state index contributed by atoms with van der Waals surface area (Å²) in [7, 11) is 0. The molecule has 2 amide bonds. The van der Waals surface area contributed by atoms with Gasteiger partial charge >= 0.3 is 5.97 Å². The fraction of sp³-hybridized carbons (Fsp3) is 0.655. The Morgan fingerprint density at radius 2 is 1.62 bits per heavy atom. The zero-order chi connectivity index (χ0) is 26.0. The monoisotopic (exact) mass is 510 g/mol. The molecular weight excluding hydrogens is 468 g/mol. The Morgan fingerprint density at radius 3 is 2.27 bits per heavy atom. The summed E-state index contributed by atoms with van der Waals surface area (Å²) in [5.41, 5.74) is 0. The van der Waals surface area contributed by atoms with E-state index in [-0.39, 0.29) is 36.2 Å². The number of aromatic nitrogens is 1. The predicted octanol–water partition coefficient (Wildman–Crippen LogP) is 3.82. The van der Waals surface area contributed by atoms with Crippen LogP contribution in [-0.2, 0) is 19.1 Å². The van der Waals surface area contributed by atoms with Gasteiger partial charge in [-0.15, -0.1) is 0 Å². The summed E-state index contributed by atoms with van der Waals surface area (Å²) < 4.78 is 5.94. The summed E-state index contributed by atoms with van der Waals surface area (Å²) in [5.74, 6) is -0.0234. The second-order valence-electron chi connectivity index (χ2n) is 10.5. The van der Waals surface area contributed by atoms with Crippen LogP contribution >= 0.6 is 0 Å². The molecule has 2 aliphatic heterocycles. The smallest absolute Gasteiger partial charge is 0.306 e. The van der Waals surface area contributed by atoms with Crippen LogP contribution in [0.5, 0.6) is 0 Å². The van der Waals surface area contributed by atoms with Crippen LogP contribution in [0.2, 0.25) is 0 Å². The first-order chi connectivity index (χ1) is 18.1. The highest BCUT2D eigenvalue weighted by Gasteiger charge is 2.48. The summed E-state index contributed by atoms with van der Waals surface area (Å²) in [4.78, 5) is 49.2. The maximum atomic E-state index is 13.1. The van der Waals surface area contributed by atoms with Crippen LogP contribution in [0.25, 0.3) is 0 Å². The number of ether oxygens (including phenoxy) is 1. The van der Waals surface area contributed by atoms with E-state index in [9.17, 15) is 14.4 Å². The van der Waals surface area contributed by atoms with Crippen molar-refractivity contribution in [1.29, 1.82) is 0 Å². The summed E-state index contributed by atoms with van der Waals surface area (Å²) in [6, 6.07) is 5.92. The molecule has 3 heterocycles. The second-order valence-corrected chi connectivity index (χ2v) is 10.5. The predicted molar refractivity (Wildman–Crippen MR) is 143 cm³/mol. The average Bonchev–Trinajstić information content (AvgIpc) is 3.16. The third-order valence-corrected chi connectivity index (χ3v) is 7.83. The van der Waals surface area contributed by atoms with Crippen molar-refractivity contribution in [3.05, 3.63) is 36.5 Å². The molecule has 202 valence electrons. The van der Waals surface area contributed by atoms with Crippen molar-refractivity contribution in [2.24, 2.45) is 11.8 Å². The molecule has 2 saturated heterocycles. The lowest BCUT2D eigenvalue weighted by Crippen LogP contribution is -2.51. The Kier molecular flexibility index (Phi) is 10.1. The molecule has 8 nitrogen and oxygen atoms in total. The Balaban J connectivity index is 1.33. The molecule has 3 aliphatic rings. The molecular formula is C29H42N4O4. The molecule has 4 rings (SSSR count). The van der Waals surface area contributed by atoms with Gasteiger partial charge in [0.2, 0.25) is 11.8 Å². The highest BCUT2D eigenvalue weighted by Crippen LogP contribution is 2.35. The lowest BCUT2D eigenvalue weighted by molar-refractivity contribution is -0.155. The third kappa shape index (κ3) is 7.40. The van der Waals surface area contributed by atoms with Gasteiger partial charge in [-0.05, 0) is 31.4 Å². The number of nitrogens with zero attached hydrogens (tertiary/aromatic N) is 4. The number of anilines is 1. The zero-order valence-electron chi connectivity index (χ0n) is 22.2. The molecule has 1 aromatic rings. The maximum Gasteiger partial charge on any atom is 0.306 e. The van der Waals surface area contributed by atoms with Crippen molar-refractivity contribution in [1.82, 2.24) is 14.8 Å². The first kappa shape index (κ1) is 27.3. The number of pyridine rings is 1. The van der Waals surface area contributed by atoms with Gasteiger partial charge in [0.25, 0.3) is 0 Å². The number of carbonyl (C=O) groups excluding carboxylic acids is 3. The first-order valence-corrected chi connectivity index (χ1v) is 14.1. The van der Waals surface area contributed by atoms with Crippen molar-refractivity contribution in [3.8, 4) is 0 Å². The van der Waals surface area contributed by atoms with E-state index in [1.807, 2.05) is 30.4 Å². The van der Waals surface area contributed by atoms with E-state index < -0.39 is 6.10 Å². The molecule has 1 aliphatic carbocycles. The lowest BCUT2D eigenvalue weighted by Gasteiger charge is -2.37. The van der Waals surface area contributed by atoms with E-state index in [1.54, 1.807) is 6.20 Å². The normalized spacial score (nSPS) is 22.8. The third-order valence-electron chi connectivity index (χ3n) is 7.83. The molecule has 37 heavy (non-hydrogen) atoms. The van der Waals surface area contributed by atoms with E-state index in [4.69, 9.17) is 4.74 Å². The molecule has 0 spiro atoms. The SMILES string of the molecule is CCCCCCCCC(=O)OC(CN1CCN(c2ccccn2)CC1)CN1C(=O)[C@H]2CC=CC[C@H]2C1=O. The zero-order valence-corrected chi connectivity index (χ0v) is 22.2. The summed E-state index contributed by atoms with van der Waals surface area (Å²) in [5, 5.41) is 0. The number of amides is 2. The first-order valence-electron chi connectivity index (χ1n) is 14.1. The van der Waals surface area contributed by atoms with Crippen molar-refractivity contribution in [2.45, 2.75) is 70.8 Å². The Bertz CT molecular complexity index is 903. The molecule has 8 heteroatoms. The fourth-order valence-corrected chi connectivity index (χ4v) is 5.67. The minimum Gasteiger partial charge on any atom is -0.459 e. The van der Waals surface area contributed by atoms with Gasteiger partial charge in [0.05, 0.1) is 18.4 Å². The van der Waals surface area contributed by atoms with E-state index in [0.29, 0.717) is 25.8 Å². The van der Waals surface area contributed by atoms with Crippen molar-refractivity contribution < 1.29 is 19.1 Å². The Labute approximate surface area is 221 Å². The molecule has 2 fully saturated rings. The molecule has 0 N–H and O–H groups in total. The number of allylic oxidation sites excluding steroid dienone is 2. The van der Waals surface area contributed by atoms with Crippen LogP contribution in [0.15, 0.2) is 36.5 Å². The largest absolute Gasteiger partial charge is 0.459 e. The van der Waals surface area contributed by atoms with Crippen molar-refractivity contribution >= 4 is 23.6 Å². The molecule has 0 aromatic carbocycles. The van der Waals surface area contributed by atoms with Crippen LogP contribution in [0.3, 0.4) is 0 Å². The van der Waals surface area contributed by atoms with Gasteiger partial charge in [-0.2, -0.15) is 0 Å².